The van der Waals surface area contributed by atoms with E-state index >= 15 is 0 Å². The van der Waals surface area contributed by atoms with Gasteiger partial charge in [0, 0.05) is 31.6 Å². The van der Waals surface area contributed by atoms with Crippen LogP contribution in [0.1, 0.15) is 60.6 Å². The predicted molar refractivity (Wildman–Crippen MR) is 155 cm³/mol. The number of benzene rings is 1. The van der Waals surface area contributed by atoms with Gasteiger partial charge in [-0.3, -0.25) is 30.5 Å². The average Bonchev–Trinajstić information content (AvgIpc) is 3.47. The highest BCUT2D eigenvalue weighted by atomic mass is 32.2. The molecule has 2 aliphatic carbocycles. The topological polar surface area (TPSA) is 159 Å². The molecular weight excluding hydrogens is 568 g/mol. The van der Waals surface area contributed by atoms with Crippen molar-refractivity contribution in [2.24, 2.45) is 17.8 Å². The van der Waals surface area contributed by atoms with Crippen molar-refractivity contribution in [3.8, 4) is 5.75 Å². The number of aromatic amines is 1. The lowest BCUT2D eigenvalue weighted by atomic mass is 9.94. The molecule has 0 bridgehead atoms. The van der Waals surface area contributed by atoms with Crippen LogP contribution < -0.4 is 10.7 Å². The summed E-state index contributed by atoms with van der Waals surface area (Å²) in [7, 11) is 3.16. The lowest BCUT2D eigenvalue weighted by molar-refractivity contribution is -0.141. The Hall–Kier alpha value is -3.58. The molecule has 2 aromatic rings. The van der Waals surface area contributed by atoms with Crippen LogP contribution in [0.25, 0.3) is 0 Å². The predicted octanol–water partition coefficient (Wildman–Crippen LogP) is 4.01. The normalized spacial score (nSPS) is 22.9. The van der Waals surface area contributed by atoms with E-state index in [1.54, 1.807) is 11.9 Å². The Labute approximate surface area is 246 Å². The Morgan fingerprint density at radius 1 is 1.24 bits per heavy atom. The summed E-state index contributed by atoms with van der Waals surface area (Å²) < 4.78 is 32.0. The number of halogens is 2. The molecule has 0 radical (unpaired) electrons. The number of amides is 1. The Bertz CT molecular complexity index is 1450. The molecule has 0 saturated heterocycles. The fourth-order valence-electron chi connectivity index (χ4n) is 6.51. The number of H-pyrrole nitrogens is 1. The highest BCUT2D eigenvalue weighted by Crippen LogP contribution is 2.52. The summed E-state index contributed by atoms with van der Waals surface area (Å²) in [5.74, 6) is -2.35. The van der Waals surface area contributed by atoms with Gasteiger partial charge >= 0.3 is 5.97 Å². The largest absolute Gasteiger partial charge is 0.503 e. The van der Waals surface area contributed by atoms with Crippen molar-refractivity contribution in [3.05, 3.63) is 63.1 Å². The van der Waals surface area contributed by atoms with Gasteiger partial charge in [-0.15, -0.1) is 0 Å². The maximum Gasteiger partial charge on any atom is 0.305 e. The van der Waals surface area contributed by atoms with Crippen molar-refractivity contribution in [1.82, 2.24) is 15.2 Å². The molecule has 2 saturated carbocycles. The second kappa shape index (κ2) is 12.7. The molecule has 4 rings (SSSR count). The highest BCUT2D eigenvalue weighted by molar-refractivity contribution is 8.26. The van der Waals surface area contributed by atoms with E-state index < -0.39 is 34.4 Å². The van der Waals surface area contributed by atoms with E-state index in [0.717, 1.165) is 25.1 Å². The van der Waals surface area contributed by atoms with E-state index in [-0.39, 0.29) is 45.2 Å². The Morgan fingerprint density at radius 2 is 1.90 bits per heavy atom. The fourth-order valence-corrected chi connectivity index (χ4v) is 7.25. The zero-order valence-electron chi connectivity index (χ0n) is 23.7. The number of ether oxygens (including phenoxy) is 1. The van der Waals surface area contributed by atoms with Gasteiger partial charge in [-0.2, -0.15) is 0 Å². The quantitative estimate of drug-likeness (QED) is 0.125. The van der Waals surface area contributed by atoms with Gasteiger partial charge < -0.3 is 19.7 Å². The molecule has 4 atom stereocenters. The van der Waals surface area contributed by atoms with Gasteiger partial charge in [0.25, 0.3) is 5.91 Å². The first-order chi connectivity index (χ1) is 19.9. The lowest BCUT2D eigenvalue weighted by Crippen LogP contribution is -2.58. The Kier molecular flexibility index (Phi) is 9.51. The summed E-state index contributed by atoms with van der Waals surface area (Å²) in [4.78, 5) is 42.8. The molecule has 1 heterocycles. The van der Waals surface area contributed by atoms with E-state index in [9.17, 15) is 28.3 Å². The summed E-state index contributed by atoms with van der Waals surface area (Å²) in [6.07, 6.45) is 4.34. The van der Waals surface area contributed by atoms with Gasteiger partial charge in [-0.25, -0.2) is 8.78 Å². The van der Waals surface area contributed by atoms with Gasteiger partial charge in [-0.1, -0.05) is 17.8 Å². The van der Waals surface area contributed by atoms with E-state index in [4.69, 9.17) is 15.6 Å². The molecule has 3 unspecified atom stereocenters. The number of aromatic nitrogens is 1. The molecule has 2 fully saturated rings. The van der Waals surface area contributed by atoms with Gasteiger partial charge in [0.15, 0.2) is 11.4 Å². The lowest BCUT2D eigenvalue weighted by Gasteiger charge is -2.41. The molecule has 0 aliphatic heterocycles. The van der Waals surface area contributed by atoms with E-state index in [2.05, 4.69) is 10.3 Å². The smallest absolute Gasteiger partial charge is 0.305 e. The van der Waals surface area contributed by atoms with Gasteiger partial charge in [0.2, 0.25) is 5.43 Å². The number of thioether (sulfide) groups is 1. The van der Waals surface area contributed by atoms with Crippen LogP contribution in [-0.2, 0) is 16.0 Å². The third-order valence-corrected chi connectivity index (χ3v) is 9.29. The zero-order valence-corrected chi connectivity index (χ0v) is 24.5. The first kappa shape index (κ1) is 31.4. The van der Waals surface area contributed by atoms with Crippen LogP contribution in [0.3, 0.4) is 0 Å². The molecule has 1 aromatic heterocycles. The van der Waals surface area contributed by atoms with Crippen molar-refractivity contribution in [3.63, 3.8) is 0 Å². The van der Waals surface area contributed by atoms with Crippen molar-refractivity contribution >= 4 is 33.7 Å². The number of carbonyl (C=O) groups excluding carboxylic acids is 2. The number of methoxy groups -OCH3 is 1. The molecule has 10 nitrogen and oxygen atoms in total. The van der Waals surface area contributed by atoms with Crippen LogP contribution in [0.15, 0.2) is 29.2 Å². The molecule has 1 amide bonds. The number of fused-ring (bicyclic) bond motifs is 1. The van der Waals surface area contributed by atoms with Crippen molar-refractivity contribution in [1.29, 1.82) is 10.8 Å². The summed E-state index contributed by atoms with van der Waals surface area (Å²) >= 11 is 0.587. The minimum Gasteiger partial charge on any atom is -0.503 e. The third-order valence-electron chi connectivity index (χ3n) is 8.47. The molecule has 13 heteroatoms. The van der Waals surface area contributed by atoms with E-state index in [0.29, 0.717) is 55.5 Å². The summed E-state index contributed by atoms with van der Waals surface area (Å²) in [6.45, 7) is 2.12. The highest BCUT2D eigenvalue weighted by Gasteiger charge is 2.53. The summed E-state index contributed by atoms with van der Waals surface area (Å²) in [5, 5.41) is 30.0. The Balaban J connectivity index is 1.47. The number of nitrogens with zero attached hydrogens (tertiary/aromatic N) is 1. The number of hydrogen-bond donors (Lipinski definition) is 5. The Morgan fingerprint density at radius 3 is 2.48 bits per heavy atom. The van der Waals surface area contributed by atoms with Crippen LogP contribution in [-0.4, -0.2) is 63.3 Å². The van der Waals surface area contributed by atoms with Crippen molar-refractivity contribution < 1.29 is 28.2 Å². The van der Waals surface area contributed by atoms with E-state index in [1.807, 2.05) is 6.92 Å². The van der Waals surface area contributed by atoms with Crippen LogP contribution in [0.2, 0.25) is 0 Å². The minimum absolute atomic E-state index is 0.0626. The van der Waals surface area contributed by atoms with Gasteiger partial charge in [0.1, 0.15) is 16.7 Å². The molecule has 1 aromatic carbocycles. The third kappa shape index (κ3) is 6.26. The molecule has 5 N–H and O–H groups in total. The SMILES string of the molecule is CCN(C(=O)c1[nH]cc(C(=N)SC(=N)Cc2ccc(F)cc2F)c(=O)c1O)C1(NC)CC2CC(CC(=O)OC)C[C@@H]2C1. The summed E-state index contributed by atoms with van der Waals surface area (Å²) in [6, 6.07) is 2.98. The molecule has 42 heavy (non-hydrogen) atoms. The van der Waals surface area contributed by atoms with Gasteiger partial charge in [-0.05, 0) is 69.0 Å². The zero-order chi connectivity index (χ0) is 30.8. The first-order valence-electron chi connectivity index (χ1n) is 13.7. The number of pyridine rings is 1. The van der Waals surface area contributed by atoms with Crippen molar-refractivity contribution in [2.45, 2.75) is 51.1 Å². The van der Waals surface area contributed by atoms with Crippen molar-refractivity contribution in [2.75, 3.05) is 20.7 Å². The maximum absolute atomic E-state index is 14.0. The standard InChI is InChI=1S/C29H35F2N5O5S/c1-4-36(29(34-2)12-17-7-15(8-18(17)13-29)9-23(37)41-3)28(40)24-26(39)25(38)20(14-35-24)27(33)42-22(32)10-16-5-6-19(30)11-21(16)31/h5-6,11,14-15,17-18,32-34,39H,4,7-10,12-13H2,1-3H3,(H,35,38)/t15?,17-,18?,29?/m1/s1. The van der Waals surface area contributed by atoms with Crippen LogP contribution in [0, 0.1) is 40.2 Å². The fraction of sp³-hybridized carbons (Fsp3) is 0.483. The van der Waals surface area contributed by atoms with Crippen LogP contribution in [0.5, 0.6) is 5.75 Å². The summed E-state index contributed by atoms with van der Waals surface area (Å²) in [5.41, 5.74) is -2.14. The number of carbonyl (C=O) groups is 2. The van der Waals surface area contributed by atoms with Gasteiger partial charge in [0.05, 0.1) is 23.4 Å². The second-order valence-corrected chi connectivity index (χ2v) is 12.0. The molecular formula is C29H35F2N5O5S. The number of hydrogen-bond acceptors (Lipinski definition) is 9. The first-order valence-corrected chi connectivity index (χ1v) is 14.5. The second-order valence-electron chi connectivity index (χ2n) is 10.9. The van der Waals surface area contributed by atoms with Crippen LogP contribution >= 0.6 is 11.8 Å². The molecule has 0 spiro atoms. The number of esters is 1. The minimum atomic E-state index is -0.945. The van der Waals surface area contributed by atoms with E-state index in [1.165, 1.54) is 13.2 Å². The molecule has 2 aliphatic rings. The average molecular weight is 604 g/mol. The molecule has 226 valence electrons. The maximum atomic E-state index is 14.0. The number of nitrogens with one attached hydrogen (secondary N) is 4. The number of rotatable bonds is 9. The number of aromatic hydroxyl groups is 1. The van der Waals surface area contributed by atoms with Crippen LogP contribution in [0.4, 0.5) is 8.78 Å². The monoisotopic (exact) mass is 603 g/mol.